The van der Waals surface area contributed by atoms with Gasteiger partial charge in [0.1, 0.15) is 4.60 Å². The van der Waals surface area contributed by atoms with Gasteiger partial charge in [-0.3, -0.25) is 0 Å². The van der Waals surface area contributed by atoms with E-state index in [0.29, 0.717) is 0 Å². The minimum Gasteiger partial charge on any atom is -0.397 e. The van der Waals surface area contributed by atoms with Gasteiger partial charge in [0.25, 0.3) is 0 Å². The molecular weight excluding hydrogens is 254 g/mol. The molecule has 0 spiro atoms. The highest BCUT2D eigenvalue weighted by Crippen LogP contribution is 2.23. The number of nitrogens with zero attached hydrogens (tertiary/aromatic N) is 1. The van der Waals surface area contributed by atoms with Crippen molar-refractivity contribution in [2.24, 2.45) is 0 Å². The molecule has 0 bridgehead atoms. The van der Waals surface area contributed by atoms with Crippen LogP contribution in [-0.2, 0) is 0 Å². The molecule has 76 valence electrons. The van der Waals surface area contributed by atoms with Crippen molar-refractivity contribution < 1.29 is 0 Å². The Morgan fingerprint density at radius 3 is 2.73 bits per heavy atom. The van der Waals surface area contributed by atoms with Gasteiger partial charge in [-0.25, -0.2) is 4.98 Å². The van der Waals surface area contributed by atoms with Crippen LogP contribution in [0.4, 0.5) is 17.1 Å². The second-order valence-electron chi connectivity index (χ2n) is 3.08. The van der Waals surface area contributed by atoms with Gasteiger partial charge in [0.15, 0.2) is 0 Å². The zero-order chi connectivity index (χ0) is 10.7. The fourth-order valence-electron chi connectivity index (χ4n) is 1.25. The number of halogens is 1. The predicted octanol–water partition coefficient (Wildman–Crippen LogP) is 3.17. The van der Waals surface area contributed by atoms with E-state index in [4.69, 9.17) is 5.73 Å². The fraction of sp³-hybridized carbons (Fsp3) is 0. The lowest BCUT2D eigenvalue weighted by atomic mass is 10.2. The minimum absolute atomic E-state index is 0.727. The van der Waals surface area contributed by atoms with Crippen LogP contribution >= 0.6 is 15.9 Å². The van der Waals surface area contributed by atoms with Gasteiger partial charge in [-0.05, 0) is 40.2 Å². The predicted molar refractivity (Wildman–Crippen MR) is 66.1 cm³/mol. The first-order chi connectivity index (χ1) is 7.25. The molecule has 3 N–H and O–H groups in total. The van der Waals surface area contributed by atoms with Crippen LogP contribution in [0, 0.1) is 0 Å². The first kappa shape index (κ1) is 9.98. The standard InChI is InChI=1S/C11H10BrN3/c12-11-7-8(5-6-14-11)15-10-4-2-1-3-9(10)13/h1-7H,13H2,(H,14,15). The Kier molecular flexibility index (Phi) is 2.87. The molecule has 1 heterocycles. The van der Waals surface area contributed by atoms with Gasteiger partial charge in [0.05, 0.1) is 11.4 Å². The third kappa shape index (κ3) is 2.47. The summed E-state index contributed by atoms with van der Waals surface area (Å²) in [4.78, 5) is 4.05. The van der Waals surface area contributed by atoms with Crippen molar-refractivity contribution in [2.75, 3.05) is 11.1 Å². The highest BCUT2D eigenvalue weighted by Gasteiger charge is 1.98. The average Bonchev–Trinajstić information content (AvgIpc) is 2.22. The van der Waals surface area contributed by atoms with Crippen molar-refractivity contribution in [3.63, 3.8) is 0 Å². The molecule has 0 atom stereocenters. The van der Waals surface area contributed by atoms with Crippen LogP contribution in [0.3, 0.4) is 0 Å². The van der Waals surface area contributed by atoms with Gasteiger partial charge in [-0.1, -0.05) is 12.1 Å². The average molecular weight is 264 g/mol. The number of rotatable bonds is 2. The van der Waals surface area contributed by atoms with Gasteiger partial charge >= 0.3 is 0 Å². The number of anilines is 3. The minimum atomic E-state index is 0.727. The molecular formula is C11H10BrN3. The van der Waals surface area contributed by atoms with Gasteiger partial charge in [-0.2, -0.15) is 0 Å². The number of benzene rings is 1. The van der Waals surface area contributed by atoms with Gasteiger partial charge in [0, 0.05) is 11.9 Å². The Morgan fingerprint density at radius 2 is 2.00 bits per heavy atom. The second kappa shape index (κ2) is 4.31. The first-order valence-electron chi connectivity index (χ1n) is 4.49. The molecule has 1 aromatic heterocycles. The summed E-state index contributed by atoms with van der Waals surface area (Å²) in [6.45, 7) is 0. The molecule has 2 aromatic rings. The Morgan fingerprint density at radius 1 is 1.20 bits per heavy atom. The summed E-state index contributed by atoms with van der Waals surface area (Å²) in [6.07, 6.45) is 1.73. The van der Waals surface area contributed by atoms with Gasteiger partial charge < -0.3 is 11.1 Å². The van der Waals surface area contributed by atoms with Crippen molar-refractivity contribution in [1.82, 2.24) is 4.98 Å². The SMILES string of the molecule is Nc1ccccc1Nc1ccnc(Br)c1. The van der Waals surface area contributed by atoms with E-state index in [1.165, 1.54) is 0 Å². The van der Waals surface area contributed by atoms with Crippen LogP contribution in [-0.4, -0.2) is 4.98 Å². The quantitative estimate of drug-likeness (QED) is 0.647. The summed E-state index contributed by atoms with van der Waals surface area (Å²) >= 11 is 3.31. The molecule has 3 nitrogen and oxygen atoms in total. The van der Waals surface area contributed by atoms with Crippen LogP contribution < -0.4 is 11.1 Å². The number of hydrogen-bond acceptors (Lipinski definition) is 3. The summed E-state index contributed by atoms with van der Waals surface area (Å²) < 4.78 is 0.794. The lowest BCUT2D eigenvalue weighted by molar-refractivity contribution is 1.27. The molecule has 0 amide bonds. The van der Waals surface area contributed by atoms with Crippen LogP contribution in [0.15, 0.2) is 47.2 Å². The smallest absolute Gasteiger partial charge is 0.108 e. The third-order valence-electron chi connectivity index (χ3n) is 1.97. The maximum Gasteiger partial charge on any atom is 0.108 e. The summed E-state index contributed by atoms with van der Waals surface area (Å²) in [5, 5.41) is 3.22. The van der Waals surface area contributed by atoms with E-state index < -0.39 is 0 Å². The zero-order valence-electron chi connectivity index (χ0n) is 7.94. The van der Waals surface area contributed by atoms with E-state index in [-0.39, 0.29) is 0 Å². The van der Waals surface area contributed by atoms with Crippen LogP contribution in [0.2, 0.25) is 0 Å². The number of nitrogens with one attached hydrogen (secondary N) is 1. The molecule has 0 saturated heterocycles. The van der Waals surface area contributed by atoms with E-state index in [0.717, 1.165) is 21.7 Å². The molecule has 0 unspecified atom stereocenters. The highest BCUT2D eigenvalue weighted by molar-refractivity contribution is 9.10. The summed E-state index contributed by atoms with van der Waals surface area (Å²) in [7, 11) is 0. The second-order valence-corrected chi connectivity index (χ2v) is 3.89. The van der Waals surface area contributed by atoms with E-state index in [1.54, 1.807) is 6.20 Å². The molecule has 0 aliphatic carbocycles. The lowest BCUT2D eigenvalue weighted by Gasteiger charge is -2.08. The number of nitrogen functional groups attached to an aromatic ring is 1. The zero-order valence-corrected chi connectivity index (χ0v) is 9.53. The molecule has 0 aliphatic rings. The Balaban J connectivity index is 2.26. The Labute approximate surface area is 96.5 Å². The van der Waals surface area contributed by atoms with Crippen LogP contribution in [0.5, 0.6) is 0 Å². The first-order valence-corrected chi connectivity index (χ1v) is 5.28. The van der Waals surface area contributed by atoms with E-state index in [9.17, 15) is 0 Å². The van der Waals surface area contributed by atoms with Crippen molar-refractivity contribution >= 4 is 33.0 Å². The Hall–Kier alpha value is -1.55. The lowest BCUT2D eigenvalue weighted by Crippen LogP contribution is -1.95. The molecule has 1 aromatic carbocycles. The van der Waals surface area contributed by atoms with Crippen molar-refractivity contribution in [3.05, 3.63) is 47.2 Å². The molecule has 0 fully saturated rings. The molecule has 0 radical (unpaired) electrons. The topological polar surface area (TPSA) is 50.9 Å². The van der Waals surface area contributed by atoms with Crippen LogP contribution in [0.1, 0.15) is 0 Å². The van der Waals surface area contributed by atoms with E-state index in [2.05, 4.69) is 26.2 Å². The summed E-state index contributed by atoms with van der Waals surface area (Å²) in [6, 6.07) is 11.4. The number of para-hydroxylation sites is 2. The Bertz CT molecular complexity index is 471. The fourth-order valence-corrected chi connectivity index (χ4v) is 1.61. The van der Waals surface area contributed by atoms with E-state index >= 15 is 0 Å². The number of nitrogens with two attached hydrogens (primary N) is 1. The molecule has 2 rings (SSSR count). The number of aromatic nitrogens is 1. The van der Waals surface area contributed by atoms with Crippen molar-refractivity contribution in [1.29, 1.82) is 0 Å². The maximum atomic E-state index is 5.82. The summed E-state index contributed by atoms with van der Waals surface area (Å²) in [5.41, 5.74) is 8.40. The van der Waals surface area contributed by atoms with Gasteiger partial charge in [-0.15, -0.1) is 0 Å². The highest BCUT2D eigenvalue weighted by atomic mass is 79.9. The third-order valence-corrected chi connectivity index (χ3v) is 2.40. The number of hydrogen-bond donors (Lipinski definition) is 2. The van der Waals surface area contributed by atoms with Crippen molar-refractivity contribution in [3.8, 4) is 0 Å². The van der Waals surface area contributed by atoms with E-state index in [1.807, 2.05) is 36.4 Å². The molecule has 4 heteroatoms. The normalized spacial score (nSPS) is 9.93. The number of pyridine rings is 1. The molecule has 0 saturated carbocycles. The summed E-state index contributed by atoms with van der Waals surface area (Å²) in [5.74, 6) is 0. The van der Waals surface area contributed by atoms with Crippen LogP contribution in [0.25, 0.3) is 0 Å². The maximum absolute atomic E-state index is 5.82. The van der Waals surface area contributed by atoms with Gasteiger partial charge in [0.2, 0.25) is 0 Å². The largest absolute Gasteiger partial charge is 0.397 e. The molecule has 0 aliphatic heterocycles. The molecule has 15 heavy (non-hydrogen) atoms. The van der Waals surface area contributed by atoms with Crippen molar-refractivity contribution in [2.45, 2.75) is 0 Å². The monoisotopic (exact) mass is 263 g/mol.